The van der Waals surface area contributed by atoms with Gasteiger partial charge in [-0.3, -0.25) is 4.79 Å². The molecule has 2 aliphatic heterocycles. The minimum absolute atomic E-state index is 0.294. The molecule has 30 heavy (non-hydrogen) atoms. The minimum Gasteiger partial charge on any atom is -0.480 e. The quantitative estimate of drug-likeness (QED) is 0.626. The van der Waals surface area contributed by atoms with Crippen LogP contribution in [-0.4, -0.2) is 67.7 Å². The van der Waals surface area contributed by atoms with E-state index in [1.165, 1.54) is 22.6 Å². The van der Waals surface area contributed by atoms with Gasteiger partial charge in [-0.2, -0.15) is 4.80 Å². The van der Waals surface area contributed by atoms with Crippen molar-refractivity contribution in [3.05, 3.63) is 28.8 Å². The van der Waals surface area contributed by atoms with E-state index < -0.39 is 5.97 Å². The number of aromatic nitrogens is 6. The Bertz CT molecular complexity index is 1090. The summed E-state index contributed by atoms with van der Waals surface area (Å²) in [4.78, 5) is 16.5. The van der Waals surface area contributed by atoms with E-state index in [2.05, 4.69) is 54.5 Å². The lowest BCUT2D eigenvalue weighted by molar-refractivity contribution is -0.138. The fourth-order valence-electron chi connectivity index (χ4n) is 4.22. The SMILES string of the molecule is Cc1ccc(Cl)cc1N1CC2CN(c3nnc(-c4nnn(CC(=O)O)n4)s3)CC2C1. The van der Waals surface area contributed by atoms with Crippen molar-refractivity contribution in [2.45, 2.75) is 13.5 Å². The highest BCUT2D eigenvalue weighted by molar-refractivity contribution is 7.18. The van der Waals surface area contributed by atoms with E-state index in [-0.39, 0.29) is 6.54 Å². The van der Waals surface area contributed by atoms with E-state index >= 15 is 0 Å². The molecule has 12 heteroatoms. The summed E-state index contributed by atoms with van der Waals surface area (Å²) < 4.78 is 0. The van der Waals surface area contributed by atoms with Crippen LogP contribution in [-0.2, 0) is 11.3 Å². The molecule has 0 amide bonds. The van der Waals surface area contributed by atoms with Crippen LogP contribution in [0.5, 0.6) is 0 Å². The molecule has 2 fully saturated rings. The fraction of sp³-hybridized carbons (Fsp3) is 0.444. The number of aliphatic carboxylic acids is 1. The summed E-state index contributed by atoms with van der Waals surface area (Å²) in [5.41, 5.74) is 2.46. The van der Waals surface area contributed by atoms with Crippen molar-refractivity contribution in [2.75, 3.05) is 36.0 Å². The number of nitrogens with zero attached hydrogens (tertiary/aromatic N) is 8. The van der Waals surface area contributed by atoms with Crippen molar-refractivity contribution in [3.8, 4) is 10.8 Å². The number of rotatable bonds is 5. The molecule has 0 radical (unpaired) electrons. The Kier molecular flexibility index (Phi) is 4.78. The van der Waals surface area contributed by atoms with E-state index in [9.17, 15) is 4.79 Å². The number of carbonyl (C=O) groups is 1. The lowest BCUT2D eigenvalue weighted by Gasteiger charge is -2.24. The zero-order valence-corrected chi connectivity index (χ0v) is 17.7. The second-order valence-electron chi connectivity index (χ2n) is 7.69. The van der Waals surface area contributed by atoms with Gasteiger partial charge in [-0.15, -0.1) is 20.4 Å². The van der Waals surface area contributed by atoms with Crippen LogP contribution in [0.15, 0.2) is 18.2 Å². The molecule has 5 rings (SSSR count). The van der Waals surface area contributed by atoms with Gasteiger partial charge in [0.25, 0.3) is 0 Å². The topological polar surface area (TPSA) is 113 Å². The van der Waals surface area contributed by atoms with Crippen LogP contribution in [0.3, 0.4) is 0 Å². The van der Waals surface area contributed by atoms with Gasteiger partial charge >= 0.3 is 5.97 Å². The predicted octanol–water partition coefficient (Wildman–Crippen LogP) is 1.81. The van der Waals surface area contributed by atoms with Gasteiger partial charge in [-0.05, 0) is 29.8 Å². The summed E-state index contributed by atoms with van der Waals surface area (Å²) in [7, 11) is 0. The molecule has 0 aliphatic carbocycles. The van der Waals surface area contributed by atoms with Gasteiger partial charge in [-0.1, -0.05) is 29.0 Å². The Morgan fingerprint density at radius 3 is 2.63 bits per heavy atom. The number of benzene rings is 1. The minimum atomic E-state index is -1.03. The number of hydrogen-bond donors (Lipinski definition) is 1. The molecule has 2 saturated heterocycles. The van der Waals surface area contributed by atoms with Gasteiger partial charge in [0.05, 0.1) is 0 Å². The number of anilines is 2. The molecule has 0 bridgehead atoms. The van der Waals surface area contributed by atoms with Crippen molar-refractivity contribution in [1.29, 1.82) is 0 Å². The molecule has 2 atom stereocenters. The first-order chi connectivity index (χ1) is 14.5. The summed E-state index contributed by atoms with van der Waals surface area (Å²) in [6.45, 7) is 5.63. The average molecular weight is 447 g/mol. The normalized spacial score (nSPS) is 20.7. The summed E-state index contributed by atoms with van der Waals surface area (Å²) in [5, 5.41) is 31.1. The summed E-state index contributed by atoms with van der Waals surface area (Å²) in [5.74, 6) is 0.389. The molecular formula is C18H19ClN8O2S. The fourth-order valence-corrected chi connectivity index (χ4v) is 5.17. The summed E-state index contributed by atoms with van der Waals surface area (Å²) in [6.07, 6.45) is 0. The van der Waals surface area contributed by atoms with Crippen molar-refractivity contribution in [1.82, 2.24) is 30.4 Å². The molecule has 0 spiro atoms. The number of halogens is 1. The van der Waals surface area contributed by atoms with E-state index in [1.807, 2.05) is 6.07 Å². The number of carboxylic acid groups (broad SMARTS) is 1. The highest BCUT2D eigenvalue weighted by atomic mass is 35.5. The molecule has 10 nitrogen and oxygen atoms in total. The van der Waals surface area contributed by atoms with Crippen LogP contribution >= 0.6 is 22.9 Å². The van der Waals surface area contributed by atoms with E-state index in [0.29, 0.717) is 22.7 Å². The third-order valence-electron chi connectivity index (χ3n) is 5.60. The van der Waals surface area contributed by atoms with E-state index in [4.69, 9.17) is 16.7 Å². The maximum absolute atomic E-state index is 10.8. The van der Waals surface area contributed by atoms with Crippen LogP contribution in [0.1, 0.15) is 5.56 Å². The lowest BCUT2D eigenvalue weighted by atomic mass is 10.0. The molecular weight excluding hydrogens is 428 g/mol. The van der Waals surface area contributed by atoms with Crippen LogP contribution in [0.25, 0.3) is 10.8 Å². The highest BCUT2D eigenvalue weighted by Crippen LogP contribution is 2.39. The van der Waals surface area contributed by atoms with Gasteiger partial charge in [0.1, 0.15) is 0 Å². The third-order valence-corrected chi connectivity index (χ3v) is 6.82. The number of fused-ring (bicyclic) bond motifs is 1. The molecule has 2 aliphatic rings. The molecule has 4 heterocycles. The lowest BCUT2D eigenvalue weighted by Crippen LogP contribution is -2.29. The van der Waals surface area contributed by atoms with Gasteiger partial charge in [-0.25, -0.2) is 0 Å². The smallest absolute Gasteiger partial charge is 0.327 e. The zero-order valence-electron chi connectivity index (χ0n) is 16.1. The maximum Gasteiger partial charge on any atom is 0.327 e. The van der Waals surface area contributed by atoms with Gasteiger partial charge in [0, 0.05) is 48.7 Å². The number of tetrazole rings is 1. The monoisotopic (exact) mass is 446 g/mol. The van der Waals surface area contributed by atoms with E-state index in [0.717, 1.165) is 41.1 Å². The van der Waals surface area contributed by atoms with Crippen molar-refractivity contribution < 1.29 is 9.90 Å². The second kappa shape index (κ2) is 7.47. The number of carboxylic acids is 1. The molecule has 3 aromatic rings. The van der Waals surface area contributed by atoms with E-state index in [1.54, 1.807) is 0 Å². The van der Waals surface area contributed by atoms with Crippen LogP contribution in [0.4, 0.5) is 10.8 Å². The molecule has 2 unspecified atom stereocenters. The Hall–Kier alpha value is -2.79. The summed E-state index contributed by atoms with van der Waals surface area (Å²) >= 11 is 7.61. The first kappa shape index (κ1) is 19.2. The average Bonchev–Trinajstić information content (AvgIpc) is 3.44. The van der Waals surface area contributed by atoms with Crippen molar-refractivity contribution in [3.63, 3.8) is 0 Å². The van der Waals surface area contributed by atoms with Crippen LogP contribution in [0.2, 0.25) is 5.02 Å². The van der Waals surface area contributed by atoms with Crippen LogP contribution < -0.4 is 9.80 Å². The number of aryl methyl sites for hydroxylation is 1. The van der Waals surface area contributed by atoms with Crippen molar-refractivity contribution in [2.24, 2.45) is 11.8 Å². The first-order valence-corrected chi connectivity index (χ1v) is 10.8. The largest absolute Gasteiger partial charge is 0.480 e. The van der Waals surface area contributed by atoms with Crippen molar-refractivity contribution >= 4 is 39.7 Å². The standard InChI is InChI=1S/C18H19ClN8O2S/c1-10-2-3-13(19)4-14(10)25-5-11-7-26(8-12(11)6-25)18-22-21-17(30-18)16-20-24-27(23-16)9-15(28)29/h2-4,11-12H,5-9H2,1H3,(H,28,29). The maximum atomic E-state index is 10.8. The summed E-state index contributed by atoms with van der Waals surface area (Å²) in [6, 6.07) is 6.06. The van der Waals surface area contributed by atoms with Gasteiger partial charge in [0.15, 0.2) is 11.6 Å². The molecule has 1 aromatic carbocycles. The Balaban J connectivity index is 1.25. The van der Waals surface area contributed by atoms with Gasteiger partial charge < -0.3 is 14.9 Å². The molecule has 1 N–H and O–H groups in total. The second-order valence-corrected chi connectivity index (χ2v) is 9.08. The molecule has 2 aromatic heterocycles. The first-order valence-electron chi connectivity index (χ1n) is 9.56. The predicted molar refractivity (Wildman–Crippen MR) is 112 cm³/mol. The molecule has 156 valence electrons. The third kappa shape index (κ3) is 3.58. The zero-order chi connectivity index (χ0) is 20.8. The van der Waals surface area contributed by atoms with Gasteiger partial charge in [0.2, 0.25) is 11.0 Å². The van der Waals surface area contributed by atoms with Crippen LogP contribution in [0, 0.1) is 18.8 Å². The Labute approximate surface area is 181 Å². The Morgan fingerprint density at radius 2 is 1.90 bits per heavy atom. The highest BCUT2D eigenvalue weighted by Gasteiger charge is 2.41. The Morgan fingerprint density at radius 1 is 1.17 bits per heavy atom. The molecule has 0 saturated carbocycles. The number of hydrogen-bond acceptors (Lipinski definition) is 9.